The molecule has 1 aliphatic heterocycles. The predicted octanol–water partition coefficient (Wildman–Crippen LogP) is 5.09. The summed E-state index contributed by atoms with van der Waals surface area (Å²) in [6, 6.07) is 17.0. The molecule has 29 heavy (non-hydrogen) atoms. The maximum absolute atomic E-state index is 12.7. The SMILES string of the molecule is Cc1ccc(-c2ccc(CN3CCc4nc(-c5cccs5)[nH]c(=O)c4C3)s2)cc1. The van der Waals surface area contributed by atoms with Gasteiger partial charge < -0.3 is 4.98 Å². The Morgan fingerprint density at radius 2 is 1.97 bits per heavy atom. The molecule has 0 radical (unpaired) electrons. The number of benzene rings is 1. The molecule has 0 fully saturated rings. The van der Waals surface area contributed by atoms with Gasteiger partial charge in [0.25, 0.3) is 5.56 Å². The molecule has 0 spiro atoms. The van der Waals surface area contributed by atoms with Crippen molar-refractivity contribution >= 4 is 22.7 Å². The first kappa shape index (κ1) is 18.5. The van der Waals surface area contributed by atoms with Crippen molar-refractivity contribution < 1.29 is 0 Å². The van der Waals surface area contributed by atoms with Gasteiger partial charge in [0.1, 0.15) is 0 Å². The van der Waals surface area contributed by atoms with Crippen LogP contribution in [0, 0.1) is 6.92 Å². The number of thiophene rings is 2. The summed E-state index contributed by atoms with van der Waals surface area (Å²) in [7, 11) is 0. The Morgan fingerprint density at radius 3 is 2.76 bits per heavy atom. The van der Waals surface area contributed by atoms with E-state index in [0.717, 1.165) is 35.6 Å². The predicted molar refractivity (Wildman–Crippen MR) is 120 cm³/mol. The Morgan fingerprint density at radius 1 is 1.10 bits per heavy atom. The van der Waals surface area contributed by atoms with Gasteiger partial charge in [-0.15, -0.1) is 22.7 Å². The van der Waals surface area contributed by atoms with Crippen molar-refractivity contribution in [3.63, 3.8) is 0 Å². The van der Waals surface area contributed by atoms with Crippen LogP contribution in [0.15, 0.2) is 58.7 Å². The molecule has 3 aromatic heterocycles. The number of fused-ring (bicyclic) bond motifs is 1. The van der Waals surface area contributed by atoms with Crippen molar-refractivity contribution in [1.29, 1.82) is 0 Å². The van der Waals surface area contributed by atoms with Crippen LogP contribution in [0.3, 0.4) is 0 Å². The van der Waals surface area contributed by atoms with Gasteiger partial charge >= 0.3 is 0 Å². The lowest BCUT2D eigenvalue weighted by atomic mass is 10.1. The van der Waals surface area contributed by atoms with Crippen LogP contribution in [0.1, 0.15) is 21.7 Å². The van der Waals surface area contributed by atoms with Crippen molar-refractivity contribution in [3.05, 3.63) is 86.0 Å². The molecule has 1 N–H and O–H groups in total. The summed E-state index contributed by atoms with van der Waals surface area (Å²) >= 11 is 3.43. The minimum absolute atomic E-state index is 0.00498. The minimum atomic E-state index is -0.00498. The molecule has 4 nitrogen and oxygen atoms in total. The van der Waals surface area contributed by atoms with Gasteiger partial charge in [-0.05, 0) is 36.1 Å². The number of hydrogen-bond acceptors (Lipinski definition) is 5. The fourth-order valence-corrected chi connectivity index (χ4v) is 5.43. The van der Waals surface area contributed by atoms with Gasteiger partial charge in [0.15, 0.2) is 5.82 Å². The molecule has 1 aromatic carbocycles. The van der Waals surface area contributed by atoms with Crippen LogP contribution in [0.4, 0.5) is 0 Å². The van der Waals surface area contributed by atoms with Crippen LogP contribution in [-0.2, 0) is 19.5 Å². The topological polar surface area (TPSA) is 49.0 Å². The quantitative estimate of drug-likeness (QED) is 0.501. The minimum Gasteiger partial charge on any atom is -0.306 e. The van der Waals surface area contributed by atoms with Crippen molar-refractivity contribution in [2.24, 2.45) is 0 Å². The Kier molecular flexibility index (Phi) is 4.91. The van der Waals surface area contributed by atoms with E-state index in [2.05, 4.69) is 53.2 Å². The highest BCUT2D eigenvalue weighted by molar-refractivity contribution is 7.15. The van der Waals surface area contributed by atoms with Crippen molar-refractivity contribution in [1.82, 2.24) is 14.9 Å². The van der Waals surface area contributed by atoms with Crippen LogP contribution < -0.4 is 5.56 Å². The summed E-state index contributed by atoms with van der Waals surface area (Å²) in [5.41, 5.74) is 4.29. The first-order valence-electron chi connectivity index (χ1n) is 9.70. The lowest BCUT2D eigenvalue weighted by Crippen LogP contribution is -2.35. The Labute approximate surface area is 177 Å². The summed E-state index contributed by atoms with van der Waals surface area (Å²) in [6.07, 6.45) is 0.813. The van der Waals surface area contributed by atoms with E-state index in [9.17, 15) is 4.79 Å². The van der Waals surface area contributed by atoms with Gasteiger partial charge in [0, 0.05) is 35.8 Å². The van der Waals surface area contributed by atoms with Gasteiger partial charge in [-0.25, -0.2) is 4.98 Å². The zero-order valence-electron chi connectivity index (χ0n) is 16.1. The third-order valence-electron chi connectivity index (χ3n) is 5.28. The lowest BCUT2D eigenvalue weighted by molar-refractivity contribution is 0.244. The monoisotopic (exact) mass is 419 g/mol. The number of nitrogens with zero attached hydrogens (tertiary/aromatic N) is 2. The van der Waals surface area contributed by atoms with E-state index in [1.165, 1.54) is 20.9 Å². The largest absolute Gasteiger partial charge is 0.306 e. The maximum atomic E-state index is 12.7. The number of aromatic amines is 1. The first-order chi connectivity index (χ1) is 14.2. The highest BCUT2D eigenvalue weighted by Crippen LogP contribution is 2.30. The Hall–Kier alpha value is -2.54. The number of hydrogen-bond donors (Lipinski definition) is 1. The van der Waals surface area contributed by atoms with Crippen LogP contribution >= 0.6 is 22.7 Å². The second-order valence-corrected chi connectivity index (χ2v) is 9.53. The second-order valence-electron chi connectivity index (χ2n) is 7.41. The maximum Gasteiger partial charge on any atom is 0.255 e. The molecular formula is C23H21N3OS2. The van der Waals surface area contributed by atoms with Gasteiger partial charge in [-0.2, -0.15) is 0 Å². The molecule has 4 aromatic rings. The summed E-state index contributed by atoms with van der Waals surface area (Å²) in [4.78, 5) is 26.4. The number of nitrogens with one attached hydrogen (secondary N) is 1. The average molecular weight is 420 g/mol. The molecule has 0 saturated heterocycles. The van der Waals surface area contributed by atoms with Gasteiger partial charge in [0.05, 0.1) is 16.1 Å². The summed E-state index contributed by atoms with van der Waals surface area (Å²) in [6.45, 7) is 4.55. The normalized spacial score (nSPS) is 14.1. The number of rotatable bonds is 4. The molecule has 6 heteroatoms. The van der Waals surface area contributed by atoms with Crippen LogP contribution in [0.25, 0.3) is 21.1 Å². The molecule has 0 amide bonds. The van der Waals surface area contributed by atoms with Gasteiger partial charge in [0.2, 0.25) is 0 Å². The van der Waals surface area contributed by atoms with E-state index in [4.69, 9.17) is 4.98 Å². The standard InChI is InChI=1S/C23H21N3OS2/c1-15-4-6-16(7-5-15)20-9-8-17(29-20)13-26-11-10-19-18(14-26)23(27)25-22(24-19)21-3-2-12-28-21/h2-9,12H,10-11,13-14H2,1H3,(H,24,25,27). The van der Waals surface area contributed by atoms with E-state index in [0.29, 0.717) is 12.4 Å². The van der Waals surface area contributed by atoms with Crippen LogP contribution in [0.5, 0.6) is 0 Å². The van der Waals surface area contributed by atoms with Crippen molar-refractivity contribution in [2.45, 2.75) is 26.4 Å². The fraction of sp³-hybridized carbons (Fsp3) is 0.217. The zero-order valence-corrected chi connectivity index (χ0v) is 17.8. The number of aromatic nitrogens is 2. The number of aryl methyl sites for hydroxylation is 1. The fourth-order valence-electron chi connectivity index (χ4n) is 3.70. The van der Waals surface area contributed by atoms with Crippen LogP contribution in [0.2, 0.25) is 0 Å². The molecule has 5 rings (SSSR count). The second kappa shape index (κ2) is 7.71. The summed E-state index contributed by atoms with van der Waals surface area (Å²) in [5.74, 6) is 0.693. The van der Waals surface area contributed by atoms with E-state index in [1.54, 1.807) is 11.3 Å². The number of H-pyrrole nitrogens is 1. The molecule has 146 valence electrons. The average Bonchev–Trinajstić information content (AvgIpc) is 3.41. The van der Waals surface area contributed by atoms with E-state index < -0.39 is 0 Å². The molecule has 4 heterocycles. The van der Waals surface area contributed by atoms with E-state index in [-0.39, 0.29) is 5.56 Å². The Balaban J connectivity index is 1.33. The third kappa shape index (κ3) is 3.83. The highest BCUT2D eigenvalue weighted by Gasteiger charge is 2.22. The zero-order chi connectivity index (χ0) is 19.8. The summed E-state index contributed by atoms with van der Waals surface area (Å²) in [5, 5.41) is 2.00. The third-order valence-corrected chi connectivity index (χ3v) is 7.28. The Bertz CT molecular complexity index is 1190. The van der Waals surface area contributed by atoms with Crippen LogP contribution in [-0.4, -0.2) is 21.4 Å². The van der Waals surface area contributed by atoms with Crippen molar-refractivity contribution in [3.8, 4) is 21.1 Å². The molecule has 1 aliphatic rings. The molecule has 0 unspecified atom stereocenters. The first-order valence-corrected chi connectivity index (χ1v) is 11.4. The lowest BCUT2D eigenvalue weighted by Gasteiger charge is -2.27. The van der Waals surface area contributed by atoms with E-state index in [1.807, 2.05) is 28.8 Å². The van der Waals surface area contributed by atoms with E-state index >= 15 is 0 Å². The smallest absolute Gasteiger partial charge is 0.255 e. The van der Waals surface area contributed by atoms with Crippen molar-refractivity contribution in [2.75, 3.05) is 6.54 Å². The molecule has 0 bridgehead atoms. The van der Waals surface area contributed by atoms with Gasteiger partial charge in [-0.3, -0.25) is 9.69 Å². The molecular weight excluding hydrogens is 398 g/mol. The molecule has 0 aliphatic carbocycles. The molecule has 0 atom stereocenters. The summed E-state index contributed by atoms with van der Waals surface area (Å²) < 4.78 is 0. The van der Waals surface area contributed by atoms with Gasteiger partial charge in [-0.1, -0.05) is 35.9 Å². The highest BCUT2D eigenvalue weighted by atomic mass is 32.1. The molecule has 0 saturated carbocycles.